The van der Waals surface area contributed by atoms with E-state index in [-0.39, 0.29) is 46.0 Å². The lowest BCUT2D eigenvalue weighted by Gasteiger charge is -2.52. The lowest BCUT2D eigenvalue weighted by molar-refractivity contribution is 0.238. The fourth-order valence-electron chi connectivity index (χ4n) is 16.9. The van der Waals surface area contributed by atoms with E-state index in [1.54, 1.807) is 27.7 Å². The van der Waals surface area contributed by atoms with Crippen LogP contribution in [-0.2, 0) is 0 Å². The third kappa shape index (κ3) is 10.9. The zero-order valence-corrected chi connectivity index (χ0v) is 53.6. The summed E-state index contributed by atoms with van der Waals surface area (Å²) in [7, 11) is -4.99. The Morgan fingerprint density at radius 2 is 0.429 bits per heavy atom. The van der Waals surface area contributed by atoms with E-state index in [0.717, 1.165) is 156 Å². The predicted octanol–water partition coefficient (Wildman–Crippen LogP) is 14.7. The SMILES string of the molecule is CCC1c2cc(c(O)c(C)c2O)C(C[P+](N2CCCCC2)(N2CCCCC2)N2CCCCC2)c2cc(c(O)c(C)c2O)C(CC)c2cc(c(O)c(C)c2O)C(C[P+](N2CCCCC2)(N2CCCCC2)N2CCCCC2)c2cc1c(O)c(C)c2O. The number of phenolic OH excluding ortho intramolecular Hbond substituents is 8. The van der Waals surface area contributed by atoms with Crippen LogP contribution in [0.15, 0.2) is 24.3 Å². The fraction of sp³-hybridized carbons (Fsp3) is 0.647. The Balaban J connectivity index is 1.23. The standard InChI is InChI=1S/C68H100N6O8P2/c1-7-49-51-39-55(65(79)45(3)61(51)75)59(43-83(69-27-15-9-16-28-69,70-29-17-10-18-30-70)71-31-19-11-20-32-71)57-41-53(63(77)47(5)67(57)81)50(8-2)54-42-58(68(82)48(6)64(54)78)60(56-40-52(49)62(76)46(4)66(56)80)44-84(72-33-21-12-22-34-72,73-35-23-13-24-36-73)74-37-25-14-26-38-74/h39-42,49-50,59-60H,7-38,43-44H2,1-6H3,(H6-2,75,76,77,78,79,80,81,82)/p+2. The van der Waals surface area contributed by atoms with Crippen LogP contribution in [0.2, 0.25) is 0 Å². The van der Waals surface area contributed by atoms with Gasteiger partial charge in [0.2, 0.25) is 15.4 Å². The van der Waals surface area contributed by atoms with Crippen molar-refractivity contribution in [2.45, 2.75) is 194 Å². The molecule has 0 amide bonds. The summed E-state index contributed by atoms with van der Waals surface area (Å²) in [5, 5.41) is 104. The molecule has 6 heterocycles. The second kappa shape index (κ2) is 25.9. The second-order valence-electron chi connectivity index (χ2n) is 26.4. The molecule has 0 radical (unpaired) electrons. The number of rotatable bonds is 12. The van der Waals surface area contributed by atoms with Crippen LogP contribution in [-0.4, -0.2) is 160 Å². The van der Waals surface area contributed by atoms with Crippen LogP contribution in [0.5, 0.6) is 46.0 Å². The Morgan fingerprint density at radius 3 is 0.583 bits per heavy atom. The third-order valence-corrected chi connectivity index (χ3v) is 31.2. The maximum atomic E-state index is 13.1. The van der Waals surface area contributed by atoms with Gasteiger partial charge in [0.25, 0.3) is 0 Å². The molecule has 0 unspecified atom stereocenters. The molecule has 8 N–H and O–H groups in total. The minimum Gasteiger partial charge on any atom is -0.507 e. The van der Waals surface area contributed by atoms with E-state index in [0.29, 0.717) is 91.9 Å². The number of benzene rings is 4. The number of fused-ring (bicyclic) bond motifs is 8. The minimum absolute atomic E-state index is 0.0401. The van der Waals surface area contributed by atoms with Gasteiger partial charge in [-0.15, -0.1) is 28.0 Å². The lowest BCUT2D eigenvalue weighted by Crippen LogP contribution is -2.51. The van der Waals surface area contributed by atoms with Gasteiger partial charge in [-0.2, -0.15) is 0 Å². The Kier molecular flexibility index (Phi) is 19.0. The molecule has 4 aromatic carbocycles. The monoisotopic (exact) mass is 1190 g/mol. The first-order valence-corrected chi connectivity index (χ1v) is 36.7. The normalized spacial score (nSPS) is 24.4. The van der Waals surface area contributed by atoms with E-state index in [9.17, 15) is 40.9 Å². The van der Waals surface area contributed by atoms with E-state index in [4.69, 9.17) is 0 Å². The van der Waals surface area contributed by atoms with E-state index >= 15 is 0 Å². The van der Waals surface area contributed by atoms with Crippen molar-refractivity contribution in [2.75, 3.05) is 90.9 Å². The zero-order chi connectivity index (χ0) is 59.2. The summed E-state index contributed by atoms with van der Waals surface area (Å²) >= 11 is 0. The van der Waals surface area contributed by atoms with Gasteiger partial charge in [0.15, 0.2) is 0 Å². The average molecular weight is 1190 g/mol. The van der Waals surface area contributed by atoms with Gasteiger partial charge in [-0.25, -0.2) is 0 Å². The van der Waals surface area contributed by atoms with Gasteiger partial charge >= 0.3 is 0 Å². The van der Waals surface area contributed by atoms with Gasteiger partial charge in [0, 0.05) is 157 Å². The van der Waals surface area contributed by atoms with Crippen molar-refractivity contribution < 1.29 is 40.9 Å². The highest BCUT2D eigenvalue weighted by molar-refractivity contribution is 7.69. The fourth-order valence-corrected chi connectivity index (χ4v) is 27.7. The molecular weight excluding hydrogens is 1090 g/mol. The predicted molar refractivity (Wildman–Crippen MR) is 342 cm³/mol. The molecule has 6 fully saturated rings. The third-order valence-electron chi connectivity index (χ3n) is 21.7. The first-order chi connectivity index (χ1) is 40.6. The summed E-state index contributed by atoms with van der Waals surface area (Å²) in [5.74, 6) is -2.97. The van der Waals surface area contributed by atoms with Gasteiger partial charge in [-0.3, -0.25) is 0 Å². The van der Waals surface area contributed by atoms with Crippen molar-refractivity contribution in [2.24, 2.45) is 0 Å². The molecule has 6 aliphatic heterocycles. The van der Waals surface area contributed by atoms with Crippen LogP contribution >= 0.6 is 15.4 Å². The molecule has 4 aromatic rings. The van der Waals surface area contributed by atoms with Crippen molar-refractivity contribution in [1.82, 2.24) is 28.0 Å². The smallest absolute Gasteiger partial charge is 0.228 e. The summed E-state index contributed by atoms with van der Waals surface area (Å²) in [6.45, 7) is 22.8. The summed E-state index contributed by atoms with van der Waals surface area (Å²) in [5.41, 5.74) is 5.79. The molecular formula is C68H102N6O8P2+2. The molecule has 0 saturated carbocycles. The van der Waals surface area contributed by atoms with E-state index in [1.807, 2.05) is 24.3 Å². The Labute approximate surface area is 503 Å². The maximum Gasteiger partial charge on any atom is 0.228 e. The molecule has 0 aromatic heterocycles. The van der Waals surface area contributed by atoms with Crippen LogP contribution in [0.4, 0.5) is 0 Å². The molecule has 11 rings (SSSR count). The average Bonchev–Trinajstić information content (AvgIpc) is 2.29. The summed E-state index contributed by atoms with van der Waals surface area (Å²) < 4.78 is 17.0. The molecule has 0 spiro atoms. The summed E-state index contributed by atoms with van der Waals surface area (Å²) in [4.78, 5) is 0. The highest BCUT2D eigenvalue weighted by atomic mass is 31.2. The van der Waals surface area contributed by atoms with E-state index in [1.165, 1.54) is 38.5 Å². The van der Waals surface area contributed by atoms with Crippen LogP contribution in [0.25, 0.3) is 0 Å². The number of phenols is 8. The molecule has 7 aliphatic rings. The topological polar surface area (TPSA) is 181 Å². The van der Waals surface area contributed by atoms with Gasteiger partial charge in [0.05, 0.1) is 11.8 Å². The minimum atomic E-state index is -2.50. The van der Waals surface area contributed by atoms with Gasteiger partial charge in [0.1, 0.15) is 58.3 Å². The lowest BCUT2D eigenvalue weighted by atomic mass is 9.77. The van der Waals surface area contributed by atoms with Crippen LogP contribution in [0.1, 0.15) is 233 Å². The summed E-state index contributed by atoms with van der Waals surface area (Å²) in [6.07, 6.45) is 22.3. The van der Waals surface area contributed by atoms with Crippen molar-refractivity contribution in [3.05, 3.63) is 91.0 Å². The van der Waals surface area contributed by atoms with Crippen molar-refractivity contribution in [3.8, 4) is 46.0 Å². The summed E-state index contributed by atoms with van der Waals surface area (Å²) in [6, 6.07) is 7.89. The number of aromatic hydroxyl groups is 8. The number of nitrogens with zero attached hydrogens (tertiary/aromatic N) is 6. The van der Waals surface area contributed by atoms with Crippen LogP contribution < -0.4 is 0 Å². The van der Waals surface area contributed by atoms with E-state index in [2.05, 4.69) is 41.9 Å². The molecule has 460 valence electrons. The molecule has 8 bridgehead atoms. The Morgan fingerprint density at radius 1 is 0.274 bits per heavy atom. The van der Waals surface area contributed by atoms with Crippen LogP contribution in [0.3, 0.4) is 0 Å². The molecule has 1 aliphatic carbocycles. The first-order valence-electron chi connectivity index (χ1n) is 33.1. The van der Waals surface area contributed by atoms with Crippen LogP contribution in [0, 0.1) is 27.7 Å². The van der Waals surface area contributed by atoms with Crippen molar-refractivity contribution in [3.63, 3.8) is 0 Å². The largest absolute Gasteiger partial charge is 0.507 e. The molecule has 14 nitrogen and oxygen atoms in total. The second-order valence-corrected chi connectivity index (χ2v) is 33.3. The molecule has 16 heteroatoms. The highest BCUT2D eigenvalue weighted by Gasteiger charge is 2.60. The Bertz CT molecular complexity index is 2570. The molecule has 6 saturated heterocycles. The Hall–Kier alpha value is -4.10. The molecule has 84 heavy (non-hydrogen) atoms. The number of hydrogen-bond acceptors (Lipinski definition) is 14. The van der Waals surface area contributed by atoms with Gasteiger partial charge in [-0.05, 0) is 142 Å². The molecule has 0 atom stereocenters. The van der Waals surface area contributed by atoms with Gasteiger partial charge < -0.3 is 40.9 Å². The van der Waals surface area contributed by atoms with Crippen molar-refractivity contribution in [1.29, 1.82) is 0 Å². The quantitative estimate of drug-likeness (QED) is 0.0628. The first kappa shape index (κ1) is 61.5. The van der Waals surface area contributed by atoms with E-state index < -0.39 is 39.1 Å². The van der Waals surface area contributed by atoms with Gasteiger partial charge in [-0.1, -0.05) is 52.4 Å². The van der Waals surface area contributed by atoms with Crippen molar-refractivity contribution >= 4 is 15.4 Å². The number of hydrogen-bond donors (Lipinski definition) is 8. The maximum absolute atomic E-state index is 13.1. The highest BCUT2D eigenvalue weighted by Crippen LogP contribution is 2.74. The number of piperidine rings is 6. The zero-order valence-electron chi connectivity index (χ0n) is 51.8.